The number of anilines is 1. The van der Waals surface area contributed by atoms with Gasteiger partial charge in [-0.15, -0.1) is 0 Å². The fourth-order valence-electron chi connectivity index (χ4n) is 1.37. The minimum absolute atomic E-state index is 0.613. The maximum atomic E-state index is 4.42. The van der Waals surface area contributed by atoms with E-state index in [0.717, 1.165) is 17.4 Å². The topological polar surface area (TPSA) is 24.4 Å². The van der Waals surface area contributed by atoms with Gasteiger partial charge in [-0.1, -0.05) is 36.9 Å². The Bertz CT molecular complexity index is 360. The second-order valence-corrected chi connectivity index (χ2v) is 4.94. The van der Waals surface area contributed by atoms with Crippen LogP contribution in [0.3, 0.4) is 0 Å². The summed E-state index contributed by atoms with van der Waals surface area (Å²) in [6.07, 6.45) is 0. The van der Waals surface area contributed by atoms with Crippen LogP contribution in [0.25, 0.3) is 0 Å². The van der Waals surface area contributed by atoms with E-state index in [2.05, 4.69) is 36.3 Å². The Morgan fingerprint density at radius 1 is 1.43 bits per heavy atom. The van der Waals surface area contributed by atoms with Crippen LogP contribution in [-0.4, -0.2) is 17.0 Å². The molecule has 74 valence electrons. The number of aliphatic imine (C=N–C) groups is 1. The Labute approximate surface area is 88.8 Å². The van der Waals surface area contributed by atoms with E-state index in [1.54, 1.807) is 0 Å². The van der Waals surface area contributed by atoms with Crippen molar-refractivity contribution < 1.29 is 0 Å². The van der Waals surface area contributed by atoms with Gasteiger partial charge < -0.3 is 5.32 Å². The third-order valence-corrected chi connectivity index (χ3v) is 3.20. The molecular formula is C11H14N2S. The van der Waals surface area contributed by atoms with Crippen molar-refractivity contribution in [3.8, 4) is 0 Å². The normalized spacial score (nSPS) is 20.7. The SMILES string of the molecule is Cc1ccccc1NC1=NC[C@H](C)S1. The first kappa shape index (κ1) is 9.59. The third kappa shape index (κ3) is 2.10. The molecule has 3 heteroatoms. The second-order valence-electron chi connectivity index (χ2n) is 3.51. The molecule has 2 nitrogen and oxygen atoms in total. The monoisotopic (exact) mass is 206 g/mol. The first-order valence-corrected chi connectivity index (χ1v) is 5.67. The Morgan fingerprint density at radius 3 is 2.86 bits per heavy atom. The molecule has 0 aliphatic carbocycles. The summed E-state index contributed by atoms with van der Waals surface area (Å²) in [5, 5.41) is 5.01. The van der Waals surface area contributed by atoms with Gasteiger partial charge in [0.25, 0.3) is 0 Å². The number of benzene rings is 1. The number of hydrogen-bond donors (Lipinski definition) is 1. The summed E-state index contributed by atoms with van der Waals surface area (Å²) < 4.78 is 0. The Hall–Kier alpha value is -0.960. The summed E-state index contributed by atoms with van der Waals surface area (Å²) >= 11 is 1.81. The van der Waals surface area contributed by atoms with Crippen molar-refractivity contribution in [2.75, 3.05) is 11.9 Å². The summed E-state index contributed by atoms with van der Waals surface area (Å²) in [7, 11) is 0. The van der Waals surface area contributed by atoms with Crippen molar-refractivity contribution in [3.05, 3.63) is 29.8 Å². The van der Waals surface area contributed by atoms with Gasteiger partial charge in [-0.25, -0.2) is 0 Å². The van der Waals surface area contributed by atoms with Crippen molar-refractivity contribution in [2.24, 2.45) is 4.99 Å². The quantitative estimate of drug-likeness (QED) is 0.764. The molecule has 0 radical (unpaired) electrons. The van der Waals surface area contributed by atoms with Crippen LogP contribution in [0.2, 0.25) is 0 Å². The molecule has 2 rings (SSSR count). The standard InChI is InChI=1S/C11H14N2S/c1-8-5-3-4-6-10(8)13-11-12-7-9(2)14-11/h3-6,9H,7H2,1-2H3,(H,12,13)/t9-/m0/s1. The van der Waals surface area contributed by atoms with E-state index in [1.165, 1.54) is 5.56 Å². The first-order chi connectivity index (χ1) is 6.75. The minimum atomic E-state index is 0.613. The number of para-hydroxylation sites is 1. The highest BCUT2D eigenvalue weighted by molar-refractivity contribution is 8.15. The fraction of sp³-hybridized carbons (Fsp3) is 0.364. The van der Waals surface area contributed by atoms with Crippen LogP contribution in [0.1, 0.15) is 12.5 Å². The van der Waals surface area contributed by atoms with Gasteiger partial charge in [0.2, 0.25) is 0 Å². The predicted molar refractivity (Wildman–Crippen MR) is 64.2 cm³/mol. The minimum Gasteiger partial charge on any atom is -0.335 e. The molecule has 0 bridgehead atoms. The molecular weight excluding hydrogens is 192 g/mol. The summed E-state index contributed by atoms with van der Waals surface area (Å²) in [5.41, 5.74) is 2.42. The van der Waals surface area contributed by atoms with Crippen LogP contribution in [0.4, 0.5) is 5.69 Å². The molecule has 1 aromatic rings. The smallest absolute Gasteiger partial charge is 0.161 e. The average Bonchev–Trinajstić information content (AvgIpc) is 2.56. The van der Waals surface area contributed by atoms with Gasteiger partial charge in [-0.05, 0) is 18.6 Å². The number of amidine groups is 1. The van der Waals surface area contributed by atoms with E-state index in [4.69, 9.17) is 0 Å². The molecule has 1 N–H and O–H groups in total. The Kier molecular flexibility index (Phi) is 2.77. The van der Waals surface area contributed by atoms with Gasteiger partial charge in [-0.2, -0.15) is 0 Å². The van der Waals surface area contributed by atoms with Gasteiger partial charge >= 0.3 is 0 Å². The molecule has 0 fully saturated rings. The maximum Gasteiger partial charge on any atom is 0.161 e. The van der Waals surface area contributed by atoms with Crippen molar-refractivity contribution in [1.82, 2.24) is 0 Å². The van der Waals surface area contributed by atoms with Crippen LogP contribution < -0.4 is 5.32 Å². The summed E-state index contributed by atoms with van der Waals surface area (Å²) in [5.74, 6) is 0. The van der Waals surface area contributed by atoms with E-state index < -0.39 is 0 Å². The molecule has 0 saturated carbocycles. The number of rotatable bonds is 1. The first-order valence-electron chi connectivity index (χ1n) is 4.79. The lowest BCUT2D eigenvalue weighted by Crippen LogP contribution is -2.06. The molecule has 1 atom stereocenters. The summed E-state index contributed by atoms with van der Waals surface area (Å²) in [6, 6.07) is 8.28. The zero-order chi connectivity index (χ0) is 9.97. The molecule has 0 aromatic heterocycles. The van der Waals surface area contributed by atoms with Crippen LogP contribution in [-0.2, 0) is 0 Å². The zero-order valence-electron chi connectivity index (χ0n) is 8.45. The molecule has 0 unspecified atom stereocenters. The predicted octanol–water partition coefficient (Wildman–Crippen LogP) is 2.90. The summed E-state index contributed by atoms with van der Waals surface area (Å²) in [6.45, 7) is 5.23. The second kappa shape index (κ2) is 4.05. The van der Waals surface area contributed by atoms with E-state index in [9.17, 15) is 0 Å². The van der Waals surface area contributed by atoms with Crippen LogP contribution >= 0.6 is 11.8 Å². The third-order valence-electron chi connectivity index (χ3n) is 2.19. The number of nitrogens with one attached hydrogen (secondary N) is 1. The van der Waals surface area contributed by atoms with Crippen LogP contribution in [0, 0.1) is 6.92 Å². The van der Waals surface area contributed by atoms with Crippen molar-refractivity contribution in [3.63, 3.8) is 0 Å². The van der Waals surface area contributed by atoms with E-state index in [1.807, 2.05) is 23.9 Å². The molecule has 0 saturated heterocycles. The van der Waals surface area contributed by atoms with E-state index in [-0.39, 0.29) is 0 Å². The van der Waals surface area contributed by atoms with Gasteiger partial charge in [0, 0.05) is 10.9 Å². The highest BCUT2D eigenvalue weighted by Gasteiger charge is 2.14. The van der Waals surface area contributed by atoms with Gasteiger partial charge in [0.1, 0.15) is 0 Å². The van der Waals surface area contributed by atoms with Gasteiger partial charge in [0.15, 0.2) is 5.17 Å². The lowest BCUT2D eigenvalue weighted by atomic mass is 10.2. The van der Waals surface area contributed by atoms with Crippen molar-refractivity contribution in [1.29, 1.82) is 0 Å². The molecule has 0 amide bonds. The number of aryl methyl sites for hydroxylation is 1. The van der Waals surface area contributed by atoms with Gasteiger partial charge in [0.05, 0.1) is 6.54 Å². The van der Waals surface area contributed by atoms with Gasteiger partial charge in [-0.3, -0.25) is 4.99 Å². The molecule has 1 aliphatic rings. The molecule has 0 spiro atoms. The Morgan fingerprint density at radius 2 is 2.21 bits per heavy atom. The fourth-order valence-corrected chi connectivity index (χ4v) is 2.22. The molecule has 14 heavy (non-hydrogen) atoms. The maximum absolute atomic E-state index is 4.42. The zero-order valence-corrected chi connectivity index (χ0v) is 9.27. The highest BCUT2D eigenvalue weighted by Crippen LogP contribution is 2.23. The molecule has 1 aromatic carbocycles. The lowest BCUT2D eigenvalue weighted by molar-refractivity contribution is 0.976. The summed E-state index contributed by atoms with van der Waals surface area (Å²) in [4.78, 5) is 4.42. The average molecular weight is 206 g/mol. The van der Waals surface area contributed by atoms with Crippen LogP contribution in [0.5, 0.6) is 0 Å². The number of nitrogens with zero attached hydrogens (tertiary/aromatic N) is 1. The lowest BCUT2D eigenvalue weighted by Gasteiger charge is -2.08. The van der Waals surface area contributed by atoms with E-state index in [0.29, 0.717) is 5.25 Å². The molecule has 1 heterocycles. The van der Waals surface area contributed by atoms with Crippen LogP contribution in [0.15, 0.2) is 29.3 Å². The number of thioether (sulfide) groups is 1. The number of hydrogen-bond acceptors (Lipinski definition) is 3. The van der Waals surface area contributed by atoms with Crippen molar-refractivity contribution >= 4 is 22.6 Å². The Balaban J connectivity index is 2.08. The van der Waals surface area contributed by atoms with E-state index >= 15 is 0 Å². The largest absolute Gasteiger partial charge is 0.335 e. The molecule has 1 aliphatic heterocycles. The van der Waals surface area contributed by atoms with Crippen molar-refractivity contribution in [2.45, 2.75) is 19.1 Å². The highest BCUT2D eigenvalue weighted by atomic mass is 32.2.